The third-order valence-electron chi connectivity index (χ3n) is 3.68. The highest BCUT2D eigenvalue weighted by Crippen LogP contribution is 2.29. The Hall–Kier alpha value is -2.90. The second-order valence-electron chi connectivity index (χ2n) is 5.64. The van der Waals surface area contributed by atoms with Gasteiger partial charge in [-0.15, -0.1) is 0 Å². The zero-order valence-corrected chi connectivity index (χ0v) is 13.3. The summed E-state index contributed by atoms with van der Waals surface area (Å²) in [6.07, 6.45) is -1.03. The number of fused-ring (bicyclic) bond motifs is 1. The van der Waals surface area contributed by atoms with Crippen molar-refractivity contribution in [3.8, 4) is 0 Å². The van der Waals surface area contributed by atoms with Crippen LogP contribution in [0, 0.1) is 0 Å². The molecule has 0 unspecified atom stereocenters. The first-order valence-corrected chi connectivity index (χ1v) is 7.71. The molecule has 26 heavy (non-hydrogen) atoms. The Morgan fingerprint density at radius 1 is 0.846 bits per heavy atom. The van der Waals surface area contributed by atoms with Gasteiger partial charge in [-0.1, -0.05) is 42.5 Å². The molecule has 0 aliphatic heterocycles. The molecule has 3 rings (SSSR count). The second kappa shape index (κ2) is 6.78. The van der Waals surface area contributed by atoms with Crippen molar-refractivity contribution in [3.05, 3.63) is 78.0 Å². The molecule has 2 aromatic carbocycles. The van der Waals surface area contributed by atoms with Crippen molar-refractivity contribution >= 4 is 30.0 Å². The summed E-state index contributed by atoms with van der Waals surface area (Å²) in [7, 11) is 0. The Labute approximate surface area is 146 Å². The minimum atomic E-state index is -6.01. The molecule has 1 aromatic heterocycles. The zero-order valence-electron chi connectivity index (χ0n) is 13.3. The molecule has 1 heterocycles. The topological polar surface area (TPSA) is 13.1 Å². The first-order chi connectivity index (χ1) is 12.3. The molecular formula is C18H13BF5NO. The molecule has 0 saturated heterocycles. The predicted octanol–water partition coefficient (Wildman–Crippen LogP) is 4.71. The number of rotatable bonds is 4. The average Bonchev–Trinajstić information content (AvgIpc) is 2.59. The third-order valence-corrected chi connectivity index (χ3v) is 3.68. The van der Waals surface area contributed by atoms with Gasteiger partial charge in [0.15, 0.2) is 0 Å². The van der Waals surface area contributed by atoms with E-state index in [0.29, 0.717) is 10.1 Å². The first-order valence-electron chi connectivity index (χ1n) is 7.71. The van der Waals surface area contributed by atoms with E-state index in [1.807, 2.05) is 42.5 Å². The summed E-state index contributed by atoms with van der Waals surface area (Å²) < 4.78 is 68.0. The molecule has 0 amide bonds. The van der Waals surface area contributed by atoms with Crippen LogP contribution in [0.5, 0.6) is 0 Å². The number of aromatic nitrogens is 1. The van der Waals surface area contributed by atoms with Crippen molar-refractivity contribution in [2.75, 3.05) is 0 Å². The predicted molar refractivity (Wildman–Crippen MR) is 90.1 cm³/mol. The van der Waals surface area contributed by atoms with Crippen molar-refractivity contribution in [3.63, 3.8) is 0 Å². The van der Waals surface area contributed by atoms with Crippen molar-refractivity contribution in [2.24, 2.45) is 0 Å². The SMILES string of the molecule is F[B-](F)(O[n+]1cccc2cc(/C=C/c3ccccc3)ccc21)C(F)(F)F. The van der Waals surface area contributed by atoms with Crippen LogP contribution in [0.1, 0.15) is 11.1 Å². The summed E-state index contributed by atoms with van der Waals surface area (Å²) in [6.45, 7) is -6.01. The minimum absolute atomic E-state index is 0.107. The summed E-state index contributed by atoms with van der Waals surface area (Å²) in [5, 5.41) is 0.469. The number of pyridine rings is 1. The Kier molecular flexibility index (Phi) is 4.67. The van der Waals surface area contributed by atoms with E-state index in [-0.39, 0.29) is 5.52 Å². The lowest BCUT2D eigenvalue weighted by Crippen LogP contribution is -2.62. The highest BCUT2D eigenvalue weighted by atomic mass is 19.4. The number of benzene rings is 2. The van der Waals surface area contributed by atoms with Crippen molar-refractivity contribution in [2.45, 2.75) is 6.08 Å². The highest BCUT2D eigenvalue weighted by Gasteiger charge is 2.60. The number of hydrogen-bond acceptors (Lipinski definition) is 1. The zero-order chi connectivity index (χ0) is 18.8. The molecule has 0 atom stereocenters. The van der Waals surface area contributed by atoms with Crippen molar-refractivity contribution in [1.82, 2.24) is 0 Å². The van der Waals surface area contributed by atoms with Crippen molar-refractivity contribution in [1.29, 1.82) is 0 Å². The van der Waals surface area contributed by atoms with Gasteiger partial charge >= 0.3 is 13.0 Å². The van der Waals surface area contributed by atoms with Crippen LogP contribution < -0.4 is 9.49 Å². The van der Waals surface area contributed by atoms with Crippen LogP contribution >= 0.6 is 0 Å². The van der Waals surface area contributed by atoms with Gasteiger partial charge in [0.1, 0.15) is 0 Å². The minimum Gasteiger partial charge on any atom is -0.432 e. The summed E-state index contributed by atoms with van der Waals surface area (Å²) in [5.74, 6) is 0. The normalized spacial score (nSPS) is 12.7. The van der Waals surface area contributed by atoms with E-state index in [2.05, 4.69) is 4.76 Å². The van der Waals surface area contributed by atoms with E-state index in [4.69, 9.17) is 0 Å². The quantitative estimate of drug-likeness (QED) is 0.283. The van der Waals surface area contributed by atoms with Gasteiger partial charge < -0.3 is 13.4 Å². The molecule has 0 aliphatic rings. The maximum atomic E-state index is 13.2. The van der Waals surface area contributed by atoms with E-state index in [1.54, 1.807) is 18.2 Å². The lowest BCUT2D eigenvalue weighted by molar-refractivity contribution is -0.847. The van der Waals surface area contributed by atoms with Crippen LogP contribution in [-0.2, 0) is 0 Å². The third kappa shape index (κ3) is 3.84. The Morgan fingerprint density at radius 3 is 2.23 bits per heavy atom. The molecule has 0 fully saturated rings. The van der Waals surface area contributed by atoms with Crippen LogP contribution in [0.3, 0.4) is 0 Å². The van der Waals surface area contributed by atoms with E-state index in [9.17, 15) is 21.8 Å². The van der Waals surface area contributed by atoms with Gasteiger partial charge in [0.2, 0.25) is 6.20 Å². The van der Waals surface area contributed by atoms with Gasteiger partial charge in [-0.05, 0) is 34.1 Å². The van der Waals surface area contributed by atoms with Gasteiger partial charge in [-0.3, -0.25) is 0 Å². The van der Waals surface area contributed by atoms with Gasteiger partial charge in [-0.2, -0.15) is 0 Å². The van der Waals surface area contributed by atoms with Crippen LogP contribution in [0.4, 0.5) is 21.8 Å². The summed E-state index contributed by atoms with van der Waals surface area (Å²) in [4.78, 5) is 0. The lowest BCUT2D eigenvalue weighted by atomic mass is 9.87. The molecule has 0 bridgehead atoms. The lowest BCUT2D eigenvalue weighted by Gasteiger charge is -2.23. The summed E-state index contributed by atoms with van der Waals surface area (Å²) in [6, 6.07) is 17.2. The Bertz CT molecular complexity index is 941. The first kappa shape index (κ1) is 17.9. The smallest absolute Gasteiger partial charge is 0.432 e. The van der Waals surface area contributed by atoms with Crippen LogP contribution in [0.25, 0.3) is 23.1 Å². The van der Waals surface area contributed by atoms with Gasteiger partial charge in [0, 0.05) is 12.1 Å². The molecule has 8 heteroatoms. The highest BCUT2D eigenvalue weighted by molar-refractivity contribution is 6.61. The second-order valence-corrected chi connectivity index (χ2v) is 5.64. The summed E-state index contributed by atoms with van der Waals surface area (Å²) >= 11 is 0. The monoisotopic (exact) mass is 365 g/mol. The fourth-order valence-electron chi connectivity index (χ4n) is 2.37. The molecular weight excluding hydrogens is 352 g/mol. The Morgan fingerprint density at radius 2 is 1.54 bits per heavy atom. The van der Waals surface area contributed by atoms with E-state index >= 15 is 0 Å². The number of hydrogen-bond donors (Lipinski definition) is 0. The average molecular weight is 365 g/mol. The van der Waals surface area contributed by atoms with E-state index in [1.165, 1.54) is 12.1 Å². The molecule has 0 spiro atoms. The Balaban J connectivity index is 1.91. The number of nitrogens with zero attached hydrogens (tertiary/aromatic N) is 1. The van der Waals surface area contributed by atoms with Crippen LogP contribution in [0.15, 0.2) is 66.9 Å². The van der Waals surface area contributed by atoms with E-state index < -0.39 is 13.0 Å². The molecule has 0 N–H and O–H groups in total. The molecule has 134 valence electrons. The largest absolute Gasteiger partial charge is 0.658 e. The van der Waals surface area contributed by atoms with E-state index in [0.717, 1.165) is 17.3 Å². The fourth-order valence-corrected chi connectivity index (χ4v) is 2.37. The van der Waals surface area contributed by atoms with Gasteiger partial charge in [0.25, 0.3) is 5.52 Å². The fraction of sp³-hybridized carbons (Fsp3) is 0.0556. The molecule has 2 nitrogen and oxygen atoms in total. The van der Waals surface area contributed by atoms with Crippen molar-refractivity contribution < 1.29 is 31.3 Å². The standard InChI is InChI=1S/C18H13BF5NO/c20-18(21,22)19(23,24)26-25-12-4-7-16-13-15(10-11-17(16)25)9-8-14-5-2-1-3-6-14/h1-13H/b9-8+. The number of halogens is 5. The molecule has 0 aliphatic carbocycles. The maximum absolute atomic E-state index is 13.2. The number of alkyl halides is 3. The molecule has 3 aromatic rings. The maximum Gasteiger partial charge on any atom is 0.658 e. The van der Waals surface area contributed by atoms with Crippen LogP contribution in [-0.4, -0.2) is 13.0 Å². The van der Waals surface area contributed by atoms with Gasteiger partial charge in [0.05, 0.1) is 5.39 Å². The van der Waals surface area contributed by atoms with Gasteiger partial charge in [-0.25, -0.2) is 13.2 Å². The molecule has 0 radical (unpaired) electrons. The molecule has 0 saturated carbocycles. The summed E-state index contributed by atoms with van der Waals surface area (Å²) in [5.41, 5.74) is 1.86. The van der Waals surface area contributed by atoms with Crippen LogP contribution in [0.2, 0.25) is 0 Å².